The number of methoxy groups -OCH3 is 1. The number of carbonyl (C=O) groups excluding carboxylic acids is 1. The summed E-state index contributed by atoms with van der Waals surface area (Å²) >= 11 is 0. The Kier molecular flexibility index (Phi) is 4.31. The Morgan fingerprint density at radius 3 is 2.90 bits per heavy atom. The number of amides is 1. The molecular weight excluding hydrogens is 362 g/mol. The van der Waals surface area contributed by atoms with Gasteiger partial charge in [-0.2, -0.15) is 0 Å². The topological polar surface area (TPSA) is 61.1 Å². The van der Waals surface area contributed by atoms with E-state index in [-0.39, 0.29) is 11.8 Å². The van der Waals surface area contributed by atoms with Crippen LogP contribution >= 0.6 is 0 Å². The maximum atomic E-state index is 13.2. The Hall–Kier alpha value is -3.21. The third-order valence-corrected chi connectivity index (χ3v) is 6.12. The van der Waals surface area contributed by atoms with E-state index >= 15 is 0 Å². The van der Waals surface area contributed by atoms with Gasteiger partial charge in [-0.05, 0) is 36.2 Å². The molecule has 5 heteroatoms. The fraction of sp³-hybridized carbons (Fsp3) is 0.292. The third kappa shape index (κ3) is 3.07. The van der Waals surface area contributed by atoms with Crippen LogP contribution in [-0.4, -0.2) is 34.4 Å². The second-order valence-electron chi connectivity index (χ2n) is 7.97. The summed E-state index contributed by atoms with van der Waals surface area (Å²) in [6.07, 6.45) is 3.64. The summed E-state index contributed by atoms with van der Waals surface area (Å²) in [5.41, 5.74) is 5.89. The van der Waals surface area contributed by atoms with Gasteiger partial charge in [-0.25, -0.2) is 0 Å². The number of carbonyl (C=O) groups is 1. The first-order valence-electron chi connectivity index (χ1n) is 10.2. The molecule has 2 aromatic carbocycles. The predicted molar refractivity (Wildman–Crippen MR) is 115 cm³/mol. The molecule has 0 aliphatic carbocycles. The molecule has 29 heavy (non-hydrogen) atoms. The summed E-state index contributed by atoms with van der Waals surface area (Å²) in [4.78, 5) is 22.1. The van der Waals surface area contributed by atoms with Crippen LogP contribution in [0.25, 0.3) is 21.8 Å². The summed E-state index contributed by atoms with van der Waals surface area (Å²) in [7, 11) is 1.68. The van der Waals surface area contributed by atoms with Gasteiger partial charge in [-0.1, -0.05) is 25.1 Å². The zero-order valence-corrected chi connectivity index (χ0v) is 16.8. The molecule has 0 spiro atoms. The number of H-pyrrole nitrogens is 2. The standard InChI is InChI=1S/C24H25N3O2/c1-15(11-16-13-25-21-6-4-3-5-18(16)21)24(28)27-10-9-23-20(14-27)19-12-17(29-2)7-8-22(19)26-23/h3-8,12-13,15,25-26H,9-11,14H2,1-2H3/t15-/m1/s1. The molecule has 0 saturated carbocycles. The van der Waals surface area contributed by atoms with Crippen molar-refractivity contribution in [2.75, 3.05) is 13.7 Å². The molecule has 0 unspecified atom stereocenters. The van der Waals surface area contributed by atoms with Gasteiger partial charge >= 0.3 is 0 Å². The molecule has 1 aliphatic rings. The zero-order chi connectivity index (χ0) is 20.0. The average Bonchev–Trinajstić information content (AvgIpc) is 3.33. The summed E-state index contributed by atoms with van der Waals surface area (Å²) in [5, 5.41) is 2.36. The minimum absolute atomic E-state index is 0.0597. The predicted octanol–water partition coefficient (Wildman–Crippen LogP) is 4.42. The van der Waals surface area contributed by atoms with Gasteiger partial charge in [0.1, 0.15) is 5.75 Å². The van der Waals surface area contributed by atoms with E-state index in [1.54, 1.807) is 7.11 Å². The molecule has 0 fully saturated rings. The first-order chi connectivity index (χ1) is 14.1. The summed E-state index contributed by atoms with van der Waals surface area (Å²) < 4.78 is 5.39. The number of nitrogens with zero attached hydrogens (tertiary/aromatic N) is 1. The van der Waals surface area contributed by atoms with Crippen molar-refractivity contribution in [3.8, 4) is 5.75 Å². The van der Waals surface area contributed by atoms with E-state index in [0.717, 1.165) is 41.6 Å². The largest absolute Gasteiger partial charge is 0.497 e. The fourth-order valence-electron chi connectivity index (χ4n) is 4.54. The number of aromatic nitrogens is 2. The Bertz CT molecular complexity index is 1200. The van der Waals surface area contributed by atoms with Crippen LogP contribution < -0.4 is 4.74 Å². The van der Waals surface area contributed by atoms with Crippen molar-refractivity contribution in [1.82, 2.24) is 14.9 Å². The van der Waals surface area contributed by atoms with Gasteiger partial charge in [0.25, 0.3) is 0 Å². The number of hydrogen-bond acceptors (Lipinski definition) is 2. The van der Waals surface area contributed by atoms with Gasteiger partial charge < -0.3 is 19.6 Å². The molecule has 1 atom stereocenters. The van der Waals surface area contributed by atoms with E-state index < -0.39 is 0 Å². The highest BCUT2D eigenvalue weighted by molar-refractivity contribution is 5.88. The monoisotopic (exact) mass is 387 g/mol. The van der Waals surface area contributed by atoms with Crippen molar-refractivity contribution >= 4 is 27.7 Å². The molecule has 0 saturated heterocycles. The fourth-order valence-corrected chi connectivity index (χ4v) is 4.54. The van der Waals surface area contributed by atoms with Crippen molar-refractivity contribution in [1.29, 1.82) is 0 Å². The van der Waals surface area contributed by atoms with E-state index in [9.17, 15) is 4.79 Å². The number of para-hydroxylation sites is 1. The number of ether oxygens (including phenoxy) is 1. The van der Waals surface area contributed by atoms with Crippen LogP contribution in [0.2, 0.25) is 0 Å². The lowest BCUT2D eigenvalue weighted by Crippen LogP contribution is -2.39. The van der Waals surface area contributed by atoms with Crippen molar-refractivity contribution in [3.63, 3.8) is 0 Å². The quantitative estimate of drug-likeness (QED) is 0.544. The number of benzene rings is 2. The van der Waals surface area contributed by atoms with E-state index in [1.165, 1.54) is 22.2 Å². The van der Waals surface area contributed by atoms with Gasteiger partial charge in [-0.3, -0.25) is 4.79 Å². The molecule has 0 radical (unpaired) electrons. The molecular formula is C24H25N3O2. The molecule has 5 nitrogen and oxygen atoms in total. The lowest BCUT2D eigenvalue weighted by atomic mass is 9.97. The van der Waals surface area contributed by atoms with Gasteiger partial charge in [0.15, 0.2) is 0 Å². The van der Waals surface area contributed by atoms with E-state index in [1.807, 2.05) is 36.2 Å². The SMILES string of the molecule is COc1ccc2[nH]c3c(c2c1)CN(C(=O)[C@H](C)Cc1c[nH]c2ccccc12)CC3. The average molecular weight is 387 g/mol. The molecule has 3 heterocycles. The zero-order valence-electron chi connectivity index (χ0n) is 16.8. The minimum Gasteiger partial charge on any atom is -0.497 e. The number of aromatic amines is 2. The summed E-state index contributed by atoms with van der Waals surface area (Å²) in [6.45, 7) is 3.45. The lowest BCUT2D eigenvalue weighted by molar-refractivity contribution is -0.135. The van der Waals surface area contributed by atoms with Crippen LogP contribution in [-0.2, 0) is 24.2 Å². The van der Waals surface area contributed by atoms with Gasteiger partial charge in [0.2, 0.25) is 5.91 Å². The Morgan fingerprint density at radius 2 is 2.03 bits per heavy atom. The number of fused-ring (bicyclic) bond motifs is 4. The third-order valence-electron chi connectivity index (χ3n) is 6.12. The second kappa shape index (κ2) is 6.99. The Morgan fingerprint density at radius 1 is 1.17 bits per heavy atom. The van der Waals surface area contributed by atoms with E-state index in [2.05, 4.69) is 34.2 Å². The van der Waals surface area contributed by atoms with Crippen LogP contribution in [0.4, 0.5) is 0 Å². The smallest absolute Gasteiger partial charge is 0.226 e. The molecule has 1 aliphatic heterocycles. The van der Waals surface area contributed by atoms with E-state index in [4.69, 9.17) is 4.74 Å². The Balaban J connectivity index is 1.37. The Labute approximate surface area is 169 Å². The van der Waals surface area contributed by atoms with Crippen molar-refractivity contribution in [2.24, 2.45) is 5.92 Å². The highest BCUT2D eigenvalue weighted by atomic mass is 16.5. The molecule has 2 aromatic heterocycles. The molecule has 4 aromatic rings. The minimum atomic E-state index is -0.0597. The van der Waals surface area contributed by atoms with Crippen LogP contribution in [0.15, 0.2) is 48.7 Å². The van der Waals surface area contributed by atoms with E-state index in [0.29, 0.717) is 6.54 Å². The first kappa shape index (κ1) is 17.9. The maximum Gasteiger partial charge on any atom is 0.226 e. The highest BCUT2D eigenvalue weighted by Crippen LogP contribution is 2.31. The van der Waals surface area contributed by atoms with Crippen molar-refractivity contribution < 1.29 is 9.53 Å². The van der Waals surface area contributed by atoms with Crippen LogP contribution in [0.5, 0.6) is 5.75 Å². The van der Waals surface area contributed by atoms with Crippen LogP contribution in [0.1, 0.15) is 23.7 Å². The lowest BCUT2D eigenvalue weighted by Gasteiger charge is -2.29. The molecule has 2 N–H and O–H groups in total. The van der Waals surface area contributed by atoms with Crippen LogP contribution in [0.3, 0.4) is 0 Å². The van der Waals surface area contributed by atoms with Crippen molar-refractivity contribution in [2.45, 2.75) is 26.3 Å². The van der Waals surface area contributed by atoms with Gasteiger partial charge in [0, 0.05) is 64.7 Å². The molecule has 0 bridgehead atoms. The molecule has 1 amide bonds. The second-order valence-corrected chi connectivity index (χ2v) is 7.97. The molecule has 5 rings (SSSR count). The first-order valence-corrected chi connectivity index (χ1v) is 10.2. The van der Waals surface area contributed by atoms with Crippen molar-refractivity contribution in [3.05, 3.63) is 65.5 Å². The number of hydrogen-bond donors (Lipinski definition) is 2. The maximum absolute atomic E-state index is 13.2. The van der Waals surface area contributed by atoms with Gasteiger partial charge in [0.05, 0.1) is 7.11 Å². The molecule has 148 valence electrons. The summed E-state index contributed by atoms with van der Waals surface area (Å²) in [5.74, 6) is 1.00. The normalized spacial score (nSPS) is 14.9. The number of nitrogens with one attached hydrogen (secondary N) is 2. The van der Waals surface area contributed by atoms with Crippen LogP contribution in [0, 0.1) is 5.92 Å². The van der Waals surface area contributed by atoms with Gasteiger partial charge in [-0.15, -0.1) is 0 Å². The highest BCUT2D eigenvalue weighted by Gasteiger charge is 2.27. The summed E-state index contributed by atoms with van der Waals surface area (Å²) in [6, 6.07) is 14.3. The number of rotatable bonds is 4.